The average Bonchev–Trinajstić information content (AvgIpc) is 2.59. The van der Waals surface area contributed by atoms with Crippen molar-refractivity contribution < 1.29 is 14.6 Å². The number of esters is 1. The number of aromatic hydroxyl groups is 1. The van der Waals surface area contributed by atoms with Gasteiger partial charge < -0.3 is 9.84 Å². The van der Waals surface area contributed by atoms with Gasteiger partial charge in [-0.05, 0) is 42.7 Å². The van der Waals surface area contributed by atoms with Crippen LogP contribution >= 0.6 is 0 Å². The summed E-state index contributed by atoms with van der Waals surface area (Å²) in [6, 6.07) is 12.5. The topological polar surface area (TPSA) is 71.2 Å². The second kappa shape index (κ2) is 8.62. The molecule has 24 heavy (non-hydrogen) atoms. The highest BCUT2D eigenvalue weighted by Gasteiger charge is 2.12. The molecule has 5 heteroatoms. The van der Waals surface area contributed by atoms with Crippen molar-refractivity contribution in [1.82, 2.24) is 0 Å². The van der Waals surface area contributed by atoms with E-state index in [1.54, 1.807) is 12.3 Å². The summed E-state index contributed by atoms with van der Waals surface area (Å²) in [6.07, 6.45) is 3.88. The Morgan fingerprint density at radius 1 is 1.08 bits per heavy atom. The predicted octanol–water partition coefficient (Wildman–Crippen LogP) is 3.72. The molecule has 0 unspecified atom stereocenters. The highest BCUT2D eigenvalue weighted by molar-refractivity contribution is 5.95. The standard InChI is InChI=1S/C19H20N2O3/c1-3-10-24-19(23)17-11-16(8-9-18(17)22)13-21-20-12-15-6-4-14(2)5-7-15/h4-9,11-13,22H,3,10H2,1-2H3/b20-12+,21-13+. The van der Waals surface area contributed by atoms with E-state index in [9.17, 15) is 9.90 Å². The van der Waals surface area contributed by atoms with E-state index < -0.39 is 5.97 Å². The highest BCUT2D eigenvalue weighted by Crippen LogP contribution is 2.19. The second-order valence-electron chi connectivity index (χ2n) is 5.31. The molecule has 0 spiro atoms. The number of phenols is 1. The van der Waals surface area contributed by atoms with Gasteiger partial charge in [0.25, 0.3) is 0 Å². The second-order valence-corrected chi connectivity index (χ2v) is 5.31. The SMILES string of the molecule is CCCOC(=O)c1cc(/C=N/N=C/c2ccc(C)cc2)ccc1O. The molecule has 0 aliphatic rings. The van der Waals surface area contributed by atoms with Crippen molar-refractivity contribution >= 4 is 18.4 Å². The van der Waals surface area contributed by atoms with Crippen LogP contribution in [0.5, 0.6) is 5.75 Å². The van der Waals surface area contributed by atoms with E-state index in [4.69, 9.17) is 4.74 Å². The Hall–Kier alpha value is -2.95. The maximum Gasteiger partial charge on any atom is 0.341 e. The number of benzene rings is 2. The lowest BCUT2D eigenvalue weighted by Gasteiger charge is -2.05. The lowest BCUT2D eigenvalue weighted by atomic mass is 10.1. The number of nitrogens with zero attached hydrogens (tertiary/aromatic N) is 2. The van der Waals surface area contributed by atoms with Gasteiger partial charge in [-0.1, -0.05) is 36.8 Å². The minimum absolute atomic E-state index is 0.114. The average molecular weight is 324 g/mol. The maximum absolute atomic E-state index is 11.9. The van der Waals surface area contributed by atoms with E-state index in [-0.39, 0.29) is 11.3 Å². The molecule has 0 amide bonds. The first-order valence-corrected chi connectivity index (χ1v) is 7.73. The molecule has 0 aliphatic carbocycles. The van der Waals surface area contributed by atoms with E-state index in [1.807, 2.05) is 38.1 Å². The molecular formula is C19H20N2O3. The third-order valence-electron chi connectivity index (χ3n) is 3.24. The number of phenolic OH excluding ortho intramolecular Hbond substituents is 1. The van der Waals surface area contributed by atoms with Crippen LogP contribution in [-0.2, 0) is 4.74 Å². The first-order valence-electron chi connectivity index (χ1n) is 7.73. The number of hydrogen-bond acceptors (Lipinski definition) is 5. The van der Waals surface area contributed by atoms with E-state index in [1.165, 1.54) is 23.9 Å². The fourth-order valence-corrected chi connectivity index (χ4v) is 1.92. The van der Waals surface area contributed by atoms with Crippen molar-refractivity contribution in [2.24, 2.45) is 10.2 Å². The third-order valence-corrected chi connectivity index (χ3v) is 3.24. The number of ether oxygens (including phenoxy) is 1. The molecule has 2 rings (SSSR count). The minimum atomic E-state index is -0.548. The first-order chi connectivity index (χ1) is 11.6. The Balaban J connectivity index is 2.06. The van der Waals surface area contributed by atoms with E-state index in [0.717, 1.165) is 12.0 Å². The van der Waals surface area contributed by atoms with Crippen molar-refractivity contribution in [3.05, 3.63) is 64.7 Å². The van der Waals surface area contributed by atoms with Crippen molar-refractivity contribution in [2.75, 3.05) is 6.61 Å². The summed E-state index contributed by atoms with van der Waals surface area (Å²) < 4.78 is 5.03. The molecule has 0 bridgehead atoms. The van der Waals surface area contributed by atoms with Crippen LogP contribution in [0, 0.1) is 6.92 Å². The fraction of sp³-hybridized carbons (Fsp3) is 0.211. The highest BCUT2D eigenvalue weighted by atomic mass is 16.5. The number of rotatable bonds is 6. The lowest BCUT2D eigenvalue weighted by molar-refractivity contribution is 0.0502. The van der Waals surface area contributed by atoms with Crippen LogP contribution in [0.4, 0.5) is 0 Å². The van der Waals surface area contributed by atoms with E-state index >= 15 is 0 Å². The molecule has 1 N–H and O–H groups in total. The third kappa shape index (κ3) is 5.05. The summed E-state index contributed by atoms with van der Waals surface area (Å²) >= 11 is 0. The Morgan fingerprint density at radius 3 is 2.38 bits per heavy atom. The molecule has 0 fully saturated rings. The van der Waals surface area contributed by atoms with Crippen molar-refractivity contribution in [3.8, 4) is 5.75 Å². The maximum atomic E-state index is 11.9. The number of carbonyl (C=O) groups excluding carboxylic acids is 1. The van der Waals surface area contributed by atoms with Crippen LogP contribution in [-0.4, -0.2) is 30.1 Å². The minimum Gasteiger partial charge on any atom is -0.507 e. The van der Waals surface area contributed by atoms with Crippen LogP contribution < -0.4 is 0 Å². The zero-order chi connectivity index (χ0) is 17.4. The zero-order valence-electron chi connectivity index (χ0n) is 13.8. The molecule has 124 valence electrons. The first kappa shape index (κ1) is 17.4. The monoisotopic (exact) mass is 324 g/mol. The molecule has 0 radical (unpaired) electrons. The summed E-state index contributed by atoms with van der Waals surface area (Å²) in [6.45, 7) is 4.24. The van der Waals surface area contributed by atoms with Gasteiger partial charge in [-0.2, -0.15) is 10.2 Å². The Labute approximate surface area is 141 Å². The smallest absolute Gasteiger partial charge is 0.341 e. The summed E-state index contributed by atoms with van der Waals surface area (Å²) in [7, 11) is 0. The summed E-state index contributed by atoms with van der Waals surface area (Å²) in [5.74, 6) is -0.663. The van der Waals surface area contributed by atoms with Crippen LogP contribution in [0.1, 0.15) is 40.4 Å². The molecule has 0 saturated carbocycles. The van der Waals surface area contributed by atoms with Crippen LogP contribution in [0.2, 0.25) is 0 Å². The van der Waals surface area contributed by atoms with Gasteiger partial charge in [-0.3, -0.25) is 0 Å². The Bertz CT molecular complexity index is 750. The fourth-order valence-electron chi connectivity index (χ4n) is 1.92. The zero-order valence-corrected chi connectivity index (χ0v) is 13.8. The summed E-state index contributed by atoms with van der Waals surface area (Å²) in [5, 5.41) is 17.7. The molecule has 0 aromatic heterocycles. The van der Waals surface area contributed by atoms with Crippen molar-refractivity contribution in [3.63, 3.8) is 0 Å². The molecule has 5 nitrogen and oxygen atoms in total. The predicted molar refractivity (Wildman–Crippen MR) is 95.0 cm³/mol. The lowest BCUT2D eigenvalue weighted by Crippen LogP contribution is -2.06. The van der Waals surface area contributed by atoms with Crippen molar-refractivity contribution in [2.45, 2.75) is 20.3 Å². The summed E-state index contributed by atoms with van der Waals surface area (Å²) in [4.78, 5) is 11.9. The van der Waals surface area contributed by atoms with Gasteiger partial charge in [0.05, 0.1) is 19.0 Å². The van der Waals surface area contributed by atoms with E-state index in [0.29, 0.717) is 12.2 Å². The van der Waals surface area contributed by atoms with E-state index in [2.05, 4.69) is 10.2 Å². The molecule has 0 heterocycles. The largest absolute Gasteiger partial charge is 0.507 e. The van der Waals surface area contributed by atoms with Gasteiger partial charge in [0.2, 0.25) is 0 Å². The van der Waals surface area contributed by atoms with Crippen LogP contribution in [0.15, 0.2) is 52.7 Å². The van der Waals surface area contributed by atoms with Gasteiger partial charge in [-0.25, -0.2) is 4.79 Å². The number of carbonyl (C=O) groups is 1. The molecule has 0 saturated heterocycles. The Morgan fingerprint density at radius 2 is 1.71 bits per heavy atom. The quantitative estimate of drug-likeness (QED) is 0.500. The van der Waals surface area contributed by atoms with Gasteiger partial charge >= 0.3 is 5.97 Å². The van der Waals surface area contributed by atoms with Gasteiger partial charge in [0.15, 0.2) is 0 Å². The number of hydrogen-bond donors (Lipinski definition) is 1. The molecular weight excluding hydrogens is 304 g/mol. The molecule has 0 atom stereocenters. The number of aryl methyl sites for hydroxylation is 1. The van der Waals surface area contributed by atoms with Gasteiger partial charge in [-0.15, -0.1) is 0 Å². The molecule has 2 aromatic rings. The van der Waals surface area contributed by atoms with Gasteiger partial charge in [0.1, 0.15) is 11.3 Å². The van der Waals surface area contributed by atoms with Crippen molar-refractivity contribution in [1.29, 1.82) is 0 Å². The normalized spacial score (nSPS) is 11.2. The molecule has 0 aliphatic heterocycles. The van der Waals surface area contributed by atoms with Crippen LogP contribution in [0.25, 0.3) is 0 Å². The summed E-state index contributed by atoms with van der Waals surface area (Å²) in [5.41, 5.74) is 2.90. The van der Waals surface area contributed by atoms with Gasteiger partial charge in [0, 0.05) is 0 Å². The Kier molecular flexibility index (Phi) is 6.25. The van der Waals surface area contributed by atoms with Crippen LogP contribution in [0.3, 0.4) is 0 Å². The molecule has 2 aromatic carbocycles.